The van der Waals surface area contributed by atoms with Crippen LogP contribution in [-0.2, 0) is 4.79 Å². The second-order valence-corrected chi connectivity index (χ2v) is 5.51. The third kappa shape index (κ3) is 4.84. The molecule has 2 amide bonds. The average molecular weight is 326 g/mol. The number of aryl methyl sites for hydroxylation is 1. The zero-order chi connectivity index (χ0) is 17.5. The van der Waals surface area contributed by atoms with E-state index in [-0.39, 0.29) is 11.8 Å². The van der Waals surface area contributed by atoms with Crippen LogP contribution in [0.4, 0.5) is 5.69 Å². The molecule has 0 saturated heterocycles. The number of amides is 2. The number of rotatable bonds is 6. The quantitative estimate of drug-likeness (QED) is 0.857. The van der Waals surface area contributed by atoms with Crippen LogP contribution in [0.5, 0.6) is 5.75 Å². The molecular weight excluding hydrogens is 304 g/mol. The minimum Gasteiger partial charge on any atom is -0.481 e. The van der Waals surface area contributed by atoms with E-state index in [0.29, 0.717) is 23.5 Å². The Kier molecular flexibility index (Phi) is 5.95. The molecule has 0 spiro atoms. The van der Waals surface area contributed by atoms with E-state index < -0.39 is 6.10 Å². The standard InChI is InChI=1S/C19H22N2O3/c1-4-20-19(23)15-8-6-9-16(12-15)21-18(22)14(3)24-17-10-5-7-13(2)11-17/h5-12,14H,4H2,1-3H3,(H,20,23)(H,21,22). The SMILES string of the molecule is CCNC(=O)c1cccc(NC(=O)C(C)Oc2cccc(C)c2)c1. The number of ether oxygens (including phenoxy) is 1. The minimum absolute atomic E-state index is 0.169. The van der Waals surface area contributed by atoms with Gasteiger partial charge in [-0.15, -0.1) is 0 Å². The highest BCUT2D eigenvalue weighted by Gasteiger charge is 2.15. The van der Waals surface area contributed by atoms with Crippen molar-refractivity contribution in [3.63, 3.8) is 0 Å². The first-order chi connectivity index (χ1) is 11.5. The van der Waals surface area contributed by atoms with Crippen molar-refractivity contribution < 1.29 is 14.3 Å². The fraction of sp³-hybridized carbons (Fsp3) is 0.263. The highest BCUT2D eigenvalue weighted by molar-refractivity contribution is 5.98. The maximum atomic E-state index is 12.3. The normalized spacial score (nSPS) is 11.5. The van der Waals surface area contributed by atoms with E-state index in [1.165, 1.54) is 0 Å². The molecule has 24 heavy (non-hydrogen) atoms. The van der Waals surface area contributed by atoms with E-state index in [9.17, 15) is 9.59 Å². The number of benzene rings is 2. The van der Waals surface area contributed by atoms with Gasteiger partial charge in [0.15, 0.2) is 6.10 Å². The van der Waals surface area contributed by atoms with E-state index in [1.54, 1.807) is 31.2 Å². The molecule has 2 aromatic carbocycles. The average Bonchev–Trinajstić information content (AvgIpc) is 2.55. The maximum Gasteiger partial charge on any atom is 0.265 e. The van der Waals surface area contributed by atoms with Gasteiger partial charge >= 0.3 is 0 Å². The first-order valence-corrected chi connectivity index (χ1v) is 7.92. The van der Waals surface area contributed by atoms with Crippen LogP contribution in [0.3, 0.4) is 0 Å². The summed E-state index contributed by atoms with van der Waals surface area (Å²) in [5.41, 5.74) is 2.13. The third-order valence-corrected chi connectivity index (χ3v) is 3.40. The van der Waals surface area contributed by atoms with E-state index in [2.05, 4.69) is 10.6 Å². The Bertz CT molecular complexity index is 728. The van der Waals surface area contributed by atoms with Crippen molar-refractivity contribution in [1.82, 2.24) is 5.32 Å². The number of anilines is 1. The Morgan fingerprint density at radius 3 is 2.58 bits per heavy atom. The van der Waals surface area contributed by atoms with Gasteiger partial charge in [0.05, 0.1) is 0 Å². The highest BCUT2D eigenvalue weighted by atomic mass is 16.5. The predicted molar refractivity (Wildman–Crippen MR) is 94.3 cm³/mol. The highest BCUT2D eigenvalue weighted by Crippen LogP contribution is 2.16. The first kappa shape index (κ1) is 17.5. The summed E-state index contributed by atoms with van der Waals surface area (Å²) in [6, 6.07) is 14.3. The molecule has 0 aromatic heterocycles. The summed E-state index contributed by atoms with van der Waals surface area (Å²) in [5, 5.41) is 5.50. The van der Waals surface area contributed by atoms with Gasteiger partial charge in [-0.1, -0.05) is 18.2 Å². The van der Waals surface area contributed by atoms with Crippen LogP contribution in [0.2, 0.25) is 0 Å². The zero-order valence-electron chi connectivity index (χ0n) is 14.1. The summed E-state index contributed by atoms with van der Waals surface area (Å²) in [4.78, 5) is 24.1. The third-order valence-electron chi connectivity index (χ3n) is 3.40. The maximum absolute atomic E-state index is 12.3. The molecular formula is C19H22N2O3. The Morgan fingerprint density at radius 1 is 1.12 bits per heavy atom. The van der Waals surface area contributed by atoms with Crippen molar-refractivity contribution >= 4 is 17.5 Å². The van der Waals surface area contributed by atoms with Gasteiger partial charge in [0.2, 0.25) is 0 Å². The summed E-state index contributed by atoms with van der Waals surface area (Å²) >= 11 is 0. The van der Waals surface area contributed by atoms with Gasteiger partial charge in [-0.2, -0.15) is 0 Å². The second-order valence-electron chi connectivity index (χ2n) is 5.51. The second kappa shape index (κ2) is 8.15. The Hall–Kier alpha value is -2.82. The van der Waals surface area contributed by atoms with Crippen molar-refractivity contribution in [1.29, 1.82) is 0 Å². The molecule has 0 fully saturated rings. The fourth-order valence-electron chi connectivity index (χ4n) is 2.19. The molecule has 1 atom stereocenters. The molecule has 126 valence electrons. The van der Waals surface area contributed by atoms with Gasteiger partial charge in [0, 0.05) is 17.8 Å². The number of nitrogens with one attached hydrogen (secondary N) is 2. The summed E-state index contributed by atoms with van der Waals surface area (Å²) in [6.45, 7) is 6.06. The van der Waals surface area contributed by atoms with Crippen LogP contribution in [0.15, 0.2) is 48.5 Å². The first-order valence-electron chi connectivity index (χ1n) is 7.92. The van der Waals surface area contributed by atoms with Gasteiger partial charge < -0.3 is 15.4 Å². The van der Waals surface area contributed by atoms with Crippen molar-refractivity contribution in [3.8, 4) is 5.75 Å². The summed E-state index contributed by atoms with van der Waals surface area (Å²) in [5.74, 6) is 0.205. The van der Waals surface area contributed by atoms with Crippen LogP contribution < -0.4 is 15.4 Å². The topological polar surface area (TPSA) is 67.4 Å². The van der Waals surface area contributed by atoms with Gasteiger partial charge in [0.1, 0.15) is 5.75 Å². The number of hydrogen-bond acceptors (Lipinski definition) is 3. The molecule has 1 unspecified atom stereocenters. The van der Waals surface area contributed by atoms with Crippen molar-refractivity contribution in [3.05, 3.63) is 59.7 Å². The summed E-state index contributed by atoms with van der Waals surface area (Å²) < 4.78 is 5.65. The molecule has 2 rings (SSSR count). The molecule has 0 heterocycles. The molecule has 0 aliphatic heterocycles. The zero-order valence-corrected chi connectivity index (χ0v) is 14.1. The molecule has 0 bridgehead atoms. The Labute approximate surface area is 142 Å². The van der Waals surface area contributed by atoms with Crippen molar-refractivity contribution in [2.24, 2.45) is 0 Å². The molecule has 0 aliphatic rings. The van der Waals surface area contributed by atoms with Crippen LogP contribution >= 0.6 is 0 Å². The van der Waals surface area contributed by atoms with E-state index in [4.69, 9.17) is 4.74 Å². The van der Waals surface area contributed by atoms with E-state index >= 15 is 0 Å². The molecule has 2 N–H and O–H groups in total. The molecule has 0 radical (unpaired) electrons. The summed E-state index contributed by atoms with van der Waals surface area (Å²) in [7, 11) is 0. The van der Waals surface area contributed by atoms with Crippen LogP contribution in [0, 0.1) is 6.92 Å². The minimum atomic E-state index is -0.653. The lowest BCUT2D eigenvalue weighted by molar-refractivity contribution is -0.122. The number of hydrogen-bond donors (Lipinski definition) is 2. The predicted octanol–water partition coefficient (Wildman–Crippen LogP) is 3.15. The van der Waals surface area contributed by atoms with Crippen LogP contribution in [0.1, 0.15) is 29.8 Å². The smallest absolute Gasteiger partial charge is 0.265 e. The molecule has 0 aliphatic carbocycles. The molecule has 2 aromatic rings. The van der Waals surface area contributed by atoms with Crippen molar-refractivity contribution in [2.45, 2.75) is 26.9 Å². The van der Waals surface area contributed by atoms with Gasteiger partial charge in [-0.3, -0.25) is 9.59 Å². The van der Waals surface area contributed by atoms with Crippen LogP contribution in [-0.4, -0.2) is 24.5 Å². The molecule has 5 nitrogen and oxygen atoms in total. The lowest BCUT2D eigenvalue weighted by Crippen LogP contribution is -2.30. The van der Waals surface area contributed by atoms with E-state index in [0.717, 1.165) is 5.56 Å². The summed E-state index contributed by atoms with van der Waals surface area (Å²) in [6.07, 6.45) is -0.653. The molecule has 5 heteroatoms. The number of carbonyl (C=O) groups excluding carboxylic acids is 2. The van der Waals surface area contributed by atoms with E-state index in [1.807, 2.05) is 38.1 Å². The Balaban J connectivity index is 2.01. The van der Waals surface area contributed by atoms with Gasteiger partial charge in [0.25, 0.3) is 11.8 Å². The fourth-order valence-corrected chi connectivity index (χ4v) is 2.19. The monoisotopic (exact) mass is 326 g/mol. The van der Waals surface area contributed by atoms with Crippen molar-refractivity contribution in [2.75, 3.05) is 11.9 Å². The van der Waals surface area contributed by atoms with Gasteiger partial charge in [-0.25, -0.2) is 0 Å². The lowest BCUT2D eigenvalue weighted by atomic mass is 10.2. The number of carbonyl (C=O) groups is 2. The largest absolute Gasteiger partial charge is 0.481 e. The van der Waals surface area contributed by atoms with Gasteiger partial charge in [-0.05, 0) is 56.7 Å². The molecule has 0 saturated carbocycles. The lowest BCUT2D eigenvalue weighted by Gasteiger charge is -2.15. The Morgan fingerprint density at radius 2 is 1.88 bits per heavy atom. The van der Waals surface area contributed by atoms with Crippen LogP contribution in [0.25, 0.3) is 0 Å².